The zero-order chi connectivity index (χ0) is 10.9. The average molecular weight is 229 g/mol. The van der Waals surface area contributed by atoms with Crippen molar-refractivity contribution < 1.29 is 4.74 Å². The van der Waals surface area contributed by atoms with E-state index in [1.807, 2.05) is 0 Å². The van der Waals surface area contributed by atoms with Gasteiger partial charge < -0.3 is 4.74 Å². The Hall–Kier alpha value is 0.270. The van der Waals surface area contributed by atoms with Crippen molar-refractivity contribution in [2.45, 2.75) is 57.1 Å². The molecule has 2 aliphatic heterocycles. The number of nitrogens with one attached hydrogen (secondary N) is 1. The zero-order valence-corrected chi connectivity index (χ0v) is 10.9. The summed E-state index contributed by atoms with van der Waals surface area (Å²) < 4.78 is 5.84. The Labute approximate surface area is 97.5 Å². The van der Waals surface area contributed by atoms with Crippen LogP contribution in [0.3, 0.4) is 0 Å². The van der Waals surface area contributed by atoms with Gasteiger partial charge in [-0.1, -0.05) is 20.8 Å². The Morgan fingerprint density at radius 2 is 2.33 bits per heavy atom. The van der Waals surface area contributed by atoms with Crippen molar-refractivity contribution in [1.82, 2.24) is 5.32 Å². The predicted octanol–water partition coefficient (Wildman–Crippen LogP) is 2.63. The van der Waals surface area contributed by atoms with Crippen LogP contribution in [0.15, 0.2) is 0 Å². The van der Waals surface area contributed by atoms with E-state index in [9.17, 15) is 0 Å². The van der Waals surface area contributed by atoms with E-state index in [1.54, 1.807) is 0 Å². The average Bonchev–Trinajstić information content (AvgIpc) is 2.61. The summed E-state index contributed by atoms with van der Waals surface area (Å²) in [7, 11) is 0. The molecule has 1 spiro atoms. The number of hydrogen-bond donors (Lipinski definition) is 1. The third kappa shape index (κ3) is 2.51. The molecule has 0 bridgehead atoms. The molecule has 15 heavy (non-hydrogen) atoms. The maximum Gasteiger partial charge on any atom is 0.0695 e. The number of rotatable bonds is 2. The van der Waals surface area contributed by atoms with Crippen molar-refractivity contribution in [1.29, 1.82) is 0 Å². The Morgan fingerprint density at radius 3 is 2.93 bits per heavy atom. The Balaban J connectivity index is 1.97. The largest absolute Gasteiger partial charge is 0.378 e. The van der Waals surface area contributed by atoms with Crippen LogP contribution in [-0.2, 0) is 4.74 Å². The molecule has 2 heterocycles. The standard InChI is InChI=1S/C12H23NOS/c1-4-10-8-15-12(13-10)5-6-14-11(7-12)9(2)3/h9-11,13H,4-8H2,1-3H3. The fraction of sp³-hybridized carbons (Fsp3) is 1.00. The van der Waals surface area contributed by atoms with Crippen LogP contribution in [0.5, 0.6) is 0 Å². The first-order valence-corrected chi connectivity index (χ1v) is 7.17. The lowest BCUT2D eigenvalue weighted by molar-refractivity contribution is -0.0309. The van der Waals surface area contributed by atoms with Crippen molar-refractivity contribution in [3.8, 4) is 0 Å². The molecular weight excluding hydrogens is 206 g/mol. The van der Waals surface area contributed by atoms with E-state index in [-0.39, 0.29) is 0 Å². The van der Waals surface area contributed by atoms with Crippen molar-refractivity contribution in [3.05, 3.63) is 0 Å². The predicted molar refractivity (Wildman–Crippen MR) is 66.2 cm³/mol. The van der Waals surface area contributed by atoms with Crippen molar-refractivity contribution in [2.24, 2.45) is 5.92 Å². The van der Waals surface area contributed by atoms with Gasteiger partial charge in [0.15, 0.2) is 0 Å². The van der Waals surface area contributed by atoms with Gasteiger partial charge in [0.2, 0.25) is 0 Å². The molecule has 0 aromatic carbocycles. The lowest BCUT2D eigenvalue weighted by Gasteiger charge is -2.39. The number of ether oxygens (including phenoxy) is 1. The number of hydrogen-bond acceptors (Lipinski definition) is 3. The van der Waals surface area contributed by atoms with E-state index in [2.05, 4.69) is 37.8 Å². The van der Waals surface area contributed by atoms with Crippen LogP contribution in [0.1, 0.15) is 40.0 Å². The summed E-state index contributed by atoms with van der Waals surface area (Å²) in [6.07, 6.45) is 4.07. The maximum atomic E-state index is 5.84. The smallest absolute Gasteiger partial charge is 0.0695 e. The van der Waals surface area contributed by atoms with Crippen LogP contribution < -0.4 is 5.32 Å². The molecule has 2 rings (SSSR count). The third-order valence-electron chi connectivity index (χ3n) is 3.63. The van der Waals surface area contributed by atoms with Crippen LogP contribution in [0.4, 0.5) is 0 Å². The molecule has 1 N–H and O–H groups in total. The van der Waals surface area contributed by atoms with Crippen LogP contribution in [0.25, 0.3) is 0 Å². The van der Waals surface area contributed by atoms with Crippen LogP contribution in [-0.4, -0.2) is 29.4 Å². The minimum atomic E-state index is 0.341. The highest BCUT2D eigenvalue weighted by atomic mass is 32.2. The summed E-state index contributed by atoms with van der Waals surface area (Å²) in [6, 6.07) is 0.723. The molecule has 0 radical (unpaired) electrons. The quantitative estimate of drug-likeness (QED) is 0.786. The number of thioether (sulfide) groups is 1. The summed E-state index contributed by atoms with van der Waals surface area (Å²) in [5, 5.41) is 3.82. The van der Waals surface area contributed by atoms with Gasteiger partial charge in [0, 0.05) is 24.8 Å². The highest BCUT2D eigenvalue weighted by Crippen LogP contribution is 2.42. The molecule has 3 atom stereocenters. The molecule has 2 nitrogen and oxygen atoms in total. The lowest BCUT2D eigenvalue weighted by Crippen LogP contribution is -2.49. The first-order valence-electron chi connectivity index (χ1n) is 6.18. The molecule has 0 aliphatic carbocycles. The molecule has 2 saturated heterocycles. The van der Waals surface area contributed by atoms with Crippen molar-refractivity contribution >= 4 is 11.8 Å². The molecule has 0 amide bonds. The molecule has 0 saturated carbocycles. The molecule has 3 heteroatoms. The Morgan fingerprint density at radius 1 is 1.53 bits per heavy atom. The van der Waals surface area contributed by atoms with Gasteiger partial charge in [-0.15, -0.1) is 11.8 Å². The van der Waals surface area contributed by atoms with E-state index in [0.29, 0.717) is 16.9 Å². The van der Waals surface area contributed by atoms with Crippen molar-refractivity contribution in [2.75, 3.05) is 12.4 Å². The van der Waals surface area contributed by atoms with E-state index in [4.69, 9.17) is 4.74 Å². The molecular formula is C12H23NOS. The fourth-order valence-electron chi connectivity index (χ4n) is 2.49. The summed E-state index contributed by atoms with van der Waals surface area (Å²) in [6.45, 7) is 7.73. The maximum absolute atomic E-state index is 5.84. The van der Waals surface area contributed by atoms with E-state index in [0.717, 1.165) is 12.6 Å². The van der Waals surface area contributed by atoms with Gasteiger partial charge in [0.25, 0.3) is 0 Å². The highest BCUT2D eigenvalue weighted by molar-refractivity contribution is 8.00. The topological polar surface area (TPSA) is 21.3 Å². The summed E-state index contributed by atoms with van der Waals surface area (Å²) in [5.74, 6) is 1.92. The molecule has 3 unspecified atom stereocenters. The van der Waals surface area contributed by atoms with Crippen LogP contribution in [0, 0.1) is 5.92 Å². The van der Waals surface area contributed by atoms with Crippen LogP contribution >= 0.6 is 11.8 Å². The van der Waals surface area contributed by atoms with Gasteiger partial charge in [-0.3, -0.25) is 5.32 Å². The minimum Gasteiger partial charge on any atom is -0.378 e. The Kier molecular flexibility index (Phi) is 3.63. The third-order valence-corrected chi connectivity index (χ3v) is 5.24. The molecule has 0 aromatic rings. The molecule has 2 aliphatic rings. The van der Waals surface area contributed by atoms with Crippen LogP contribution in [0.2, 0.25) is 0 Å². The molecule has 0 aromatic heterocycles. The Bertz CT molecular complexity index is 222. The van der Waals surface area contributed by atoms with Gasteiger partial charge >= 0.3 is 0 Å². The second kappa shape index (κ2) is 4.64. The van der Waals surface area contributed by atoms with Crippen molar-refractivity contribution in [3.63, 3.8) is 0 Å². The normalized spacial score (nSPS) is 41.6. The lowest BCUT2D eigenvalue weighted by atomic mass is 9.94. The van der Waals surface area contributed by atoms with Gasteiger partial charge in [0.1, 0.15) is 0 Å². The minimum absolute atomic E-state index is 0.341. The second-order valence-electron chi connectivity index (χ2n) is 5.16. The van der Waals surface area contributed by atoms with E-state index in [1.165, 1.54) is 25.0 Å². The molecule has 88 valence electrons. The fourth-order valence-corrected chi connectivity index (χ4v) is 4.09. The van der Waals surface area contributed by atoms with E-state index < -0.39 is 0 Å². The van der Waals surface area contributed by atoms with Gasteiger partial charge in [-0.2, -0.15) is 0 Å². The van der Waals surface area contributed by atoms with Gasteiger partial charge in [0.05, 0.1) is 11.0 Å². The zero-order valence-electron chi connectivity index (χ0n) is 10.1. The van der Waals surface area contributed by atoms with Gasteiger partial charge in [-0.25, -0.2) is 0 Å². The highest BCUT2D eigenvalue weighted by Gasteiger charge is 2.43. The second-order valence-corrected chi connectivity index (χ2v) is 6.57. The van der Waals surface area contributed by atoms with Gasteiger partial charge in [-0.05, 0) is 18.8 Å². The first-order chi connectivity index (χ1) is 7.15. The summed E-state index contributed by atoms with van der Waals surface area (Å²) in [4.78, 5) is 0.341. The summed E-state index contributed by atoms with van der Waals surface area (Å²) >= 11 is 2.13. The van der Waals surface area contributed by atoms with E-state index >= 15 is 0 Å². The monoisotopic (exact) mass is 229 g/mol. The first kappa shape index (κ1) is 11.7. The SMILES string of the molecule is CCC1CSC2(CCOC(C(C)C)C2)N1. The molecule has 2 fully saturated rings. The summed E-state index contributed by atoms with van der Waals surface area (Å²) in [5.41, 5.74) is 0.